The minimum atomic E-state index is -0.433. The lowest BCUT2D eigenvalue weighted by Gasteiger charge is -2.13. The van der Waals surface area contributed by atoms with E-state index in [1.54, 1.807) is 0 Å². The summed E-state index contributed by atoms with van der Waals surface area (Å²) in [6.07, 6.45) is 0. The minimum Gasteiger partial charge on any atom is -0.270 e. The van der Waals surface area contributed by atoms with Crippen molar-refractivity contribution in [2.75, 3.05) is 0 Å². The summed E-state index contributed by atoms with van der Waals surface area (Å²) in [5.41, 5.74) is 1.12. The van der Waals surface area contributed by atoms with Gasteiger partial charge in [-0.05, 0) is 29.8 Å². The summed E-state index contributed by atoms with van der Waals surface area (Å²) >= 11 is 11.8. The van der Waals surface area contributed by atoms with Gasteiger partial charge in [0.2, 0.25) is 0 Å². The second-order valence-corrected chi connectivity index (χ2v) is 5.45. The van der Waals surface area contributed by atoms with E-state index < -0.39 is 11.8 Å². The van der Waals surface area contributed by atoms with Gasteiger partial charge in [-0.3, -0.25) is 14.5 Å². The van der Waals surface area contributed by atoms with Gasteiger partial charge in [0.1, 0.15) is 5.82 Å². The van der Waals surface area contributed by atoms with Gasteiger partial charge in [-0.2, -0.15) is 0 Å². The smallest absolute Gasteiger partial charge is 0.261 e. The van der Waals surface area contributed by atoms with Crippen LogP contribution in [0.4, 0.5) is 4.39 Å². The molecule has 2 amide bonds. The molecule has 0 atom stereocenters. The van der Waals surface area contributed by atoms with Crippen LogP contribution in [0.15, 0.2) is 36.4 Å². The molecule has 1 heterocycles. The fraction of sp³-hybridized carbons (Fsp3) is 0.0667. The van der Waals surface area contributed by atoms with E-state index in [9.17, 15) is 14.0 Å². The molecule has 1 aliphatic heterocycles. The summed E-state index contributed by atoms with van der Waals surface area (Å²) in [6.45, 7) is 0.0713. The fourth-order valence-corrected chi connectivity index (χ4v) is 2.53. The number of hydrogen-bond acceptors (Lipinski definition) is 2. The quantitative estimate of drug-likeness (QED) is 0.785. The van der Waals surface area contributed by atoms with Gasteiger partial charge in [0.05, 0.1) is 27.7 Å². The fourth-order valence-electron chi connectivity index (χ4n) is 2.20. The minimum absolute atomic E-state index is 0.0713. The van der Waals surface area contributed by atoms with E-state index in [4.69, 9.17) is 23.2 Å². The van der Waals surface area contributed by atoms with Gasteiger partial charge < -0.3 is 0 Å². The molecule has 0 bridgehead atoms. The van der Waals surface area contributed by atoms with Crippen LogP contribution in [0, 0.1) is 5.82 Å². The Morgan fingerprint density at radius 1 is 0.905 bits per heavy atom. The largest absolute Gasteiger partial charge is 0.270 e. The molecule has 0 aliphatic carbocycles. The third-order valence-electron chi connectivity index (χ3n) is 3.27. The van der Waals surface area contributed by atoms with E-state index >= 15 is 0 Å². The van der Waals surface area contributed by atoms with Gasteiger partial charge in [-0.15, -0.1) is 0 Å². The molecule has 0 unspecified atom stereocenters. The van der Waals surface area contributed by atoms with Crippen LogP contribution in [-0.2, 0) is 6.54 Å². The maximum atomic E-state index is 12.9. The molecular formula is C15H8Cl2FNO2. The van der Waals surface area contributed by atoms with E-state index in [1.807, 2.05) is 0 Å². The predicted octanol–water partition coefficient (Wildman–Crippen LogP) is 3.93. The molecule has 3 rings (SSSR count). The molecule has 0 aromatic heterocycles. The second kappa shape index (κ2) is 5.13. The number of fused-ring (bicyclic) bond motifs is 1. The van der Waals surface area contributed by atoms with Crippen molar-refractivity contribution >= 4 is 35.0 Å². The summed E-state index contributed by atoms with van der Waals surface area (Å²) < 4.78 is 12.9. The van der Waals surface area contributed by atoms with Crippen LogP contribution in [-0.4, -0.2) is 16.7 Å². The Morgan fingerprint density at radius 3 is 1.86 bits per heavy atom. The molecule has 21 heavy (non-hydrogen) atoms. The molecule has 0 saturated carbocycles. The van der Waals surface area contributed by atoms with E-state index in [2.05, 4.69) is 0 Å². The van der Waals surface area contributed by atoms with E-state index in [-0.39, 0.29) is 33.5 Å². The van der Waals surface area contributed by atoms with Crippen LogP contribution in [0.5, 0.6) is 0 Å². The number of carbonyl (C=O) groups excluding carboxylic acids is 2. The van der Waals surface area contributed by atoms with Crippen LogP contribution in [0.3, 0.4) is 0 Å². The highest BCUT2D eigenvalue weighted by Crippen LogP contribution is 2.32. The van der Waals surface area contributed by atoms with Crippen LogP contribution >= 0.6 is 23.2 Å². The second-order valence-electron chi connectivity index (χ2n) is 4.63. The number of imide groups is 1. The lowest BCUT2D eigenvalue weighted by atomic mass is 10.1. The number of amides is 2. The van der Waals surface area contributed by atoms with Crippen molar-refractivity contribution < 1.29 is 14.0 Å². The van der Waals surface area contributed by atoms with Crippen molar-refractivity contribution in [3.05, 3.63) is 69.0 Å². The topological polar surface area (TPSA) is 37.4 Å². The zero-order valence-corrected chi connectivity index (χ0v) is 12.1. The Morgan fingerprint density at radius 2 is 1.38 bits per heavy atom. The van der Waals surface area contributed by atoms with E-state index in [1.165, 1.54) is 36.4 Å². The number of benzene rings is 2. The van der Waals surface area contributed by atoms with E-state index in [0.717, 1.165) is 4.90 Å². The molecule has 0 radical (unpaired) electrons. The van der Waals surface area contributed by atoms with Gasteiger partial charge in [-0.1, -0.05) is 35.3 Å². The maximum Gasteiger partial charge on any atom is 0.261 e. The Balaban J connectivity index is 1.94. The first-order chi connectivity index (χ1) is 9.97. The van der Waals surface area contributed by atoms with Crippen LogP contribution < -0.4 is 0 Å². The van der Waals surface area contributed by atoms with Crippen molar-refractivity contribution in [2.24, 2.45) is 0 Å². The molecule has 2 aromatic rings. The van der Waals surface area contributed by atoms with Gasteiger partial charge in [0.25, 0.3) is 11.8 Å². The lowest BCUT2D eigenvalue weighted by Crippen LogP contribution is -2.29. The van der Waals surface area contributed by atoms with Crippen molar-refractivity contribution in [1.82, 2.24) is 4.90 Å². The Hall–Kier alpha value is -1.91. The highest BCUT2D eigenvalue weighted by molar-refractivity contribution is 6.43. The molecule has 0 N–H and O–H groups in total. The van der Waals surface area contributed by atoms with Crippen molar-refractivity contribution in [1.29, 1.82) is 0 Å². The number of halogens is 3. The number of hydrogen-bond donors (Lipinski definition) is 0. The maximum absolute atomic E-state index is 12.9. The molecule has 2 aromatic carbocycles. The molecule has 0 spiro atoms. The van der Waals surface area contributed by atoms with Crippen molar-refractivity contribution in [3.8, 4) is 0 Å². The van der Waals surface area contributed by atoms with Gasteiger partial charge in [-0.25, -0.2) is 4.39 Å². The van der Waals surface area contributed by atoms with Gasteiger partial charge in [0.15, 0.2) is 0 Å². The molecule has 1 aliphatic rings. The zero-order valence-electron chi connectivity index (χ0n) is 10.6. The Bertz CT molecular complexity index is 718. The molecule has 0 fully saturated rings. The van der Waals surface area contributed by atoms with E-state index in [0.29, 0.717) is 5.56 Å². The van der Waals surface area contributed by atoms with Gasteiger partial charge in [0, 0.05) is 0 Å². The molecule has 6 heteroatoms. The third kappa shape index (κ3) is 2.41. The third-order valence-corrected chi connectivity index (χ3v) is 3.99. The monoisotopic (exact) mass is 323 g/mol. The number of carbonyl (C=O) groups is 2. The summed E-state index contributed by atoms with van der Waals surface area (Å²) in [6, 6.07) is 8.40. The average molecular weight is 324 g/mol. The summed E-state index contributed by atoms with van der Waals surface area (Å²) in [5.74, 6) is -1.24. The van der Waals surface area contributed by atoms with Crippen LogP contribution in [0.1, 0.15) is 26.3 Å². The van der Waals surface area contributed by atoms with Crippen molar-refractivity contribution in [2.45, 2.75) is 6.54 Å². The SMILES string of the molecule is O=C1c2cc(Cl)c(Cl)cc2C(=O)N1Cc1ccc(F)cc1. The highest BCUT2D eigenvalue weighted by atomic mass is 35.5. The zero-order chi connectivity index (χ0) is 15.1. The summed E-state index contributed by atoms with van der Waals surface area (Å²) in [4.78, 5) is 25.6. The number of nitrogens with zero attached hydrogens (tertiary/aromatic N) is 1. The first-order valence-electron chi connectivity index (χ1n) is 6.07. The molecule has 106 valence electrons. The Kier molecular flexibility index (Phi) is 3.43. The first kappa shape index (κ1) is 14.0. The molecule has 0 saturated heterocycles. The van der Waals surface area contributed by atoms with Crippen molar-refractivity contribution in [3.63, 3.8) is 0 Å². The normalized spacial score (nSPS) is 13.8. The Labute approximate surface area is 129 Å². The standard InChI is InChI=1S/C15H8Cl2FNO2/c16-12-5-10-11(6-13(12)17)15(21)19(14(10)20)7-8-1-3-9(18)4-2-8/h1-6H,7H2. The highest BCUT2D eigenvalue weighted by Gasteiger charge is 2.36. The summed E-state index contributed by atoms with van der Waals surface area (Å²) in [7, 11) is 0. The molecule has 3 nitrogen and oxygen atoms in total. The number of rotatable bonds is 2. The molecular weight excluding hydrogens is 316 g/mol. The predicted molar refractivity (Wildman–Crippen MR) is 77.1 cm³/mol. The van der Waals surface area contributed by atoms with Gasteiger partial charge >= 0.3 is 0 Å². The van der Waals surface area contributed by atoms with Crippen LogP contribution in [0.25, 0.3) is 0 Å². The average Bonchev–Trinajstić information content (AvgIpc) is 2.67. The first-order valence-corrected chi connectivity index (χ1v) is 6.82. The van der Waals surface area contributed by atoms with Crippen LogP contribution in [0.2, 0.25) is 10.0 Å². The lowest BCUT2D eigenvalue weighted by molar-refractivity contribution is 0.0642. The summed E-state index contributed by atoms with van der Waals surface area (Å²) in [5, 5.41) is 0.445.